The van der Waals surface area contributed by atoms with Crippen LogP contribution in [-0.4, -0.2) is 36.7 Å². The van der Waals surface area contributed by atoms with Gasteiger partial charge in [-0.15, -0.1) is 0 Å². The molecule has 3 aliphatic carbocycles. The summed E-state index contributed by atoms with van der Waals surface area (Å²) in [5, 5.41) is 12.3. The molecule has 5 nitrogen and oxygen atoms in total. The normalized spacial score (nSPS) is 29.5. The fourth-order valence-electron chi connectivity index (χ4n) is 3.54. The van der Waals surface area contributed by atoms with Crippen LogP contribution in [0, 0.1) is 23.7 Å². The molecule has 3 aliphatic rings. The Bertz CT molecular complexity index is 421. The van der Waals surface area contributed by atoms with Crippen molar-refractivity contribution >= 4 is 11.9 Å². The van der Waals surface area contributed by atoms with Crippen LogP contribution in [0.2, 0.25) is 0 Å². The smallest absolute Gasteiger partial charge is 0.307 e. The van der Waals surface area contributed by atoms with Gasteiger partial charge in [-0.25, -0.2) is 0 Å². The van der Waals surface area contributed by atoms with Gasteiger partial charge in [0.05, 0.1) is 11.8 Å². The summed E-state index contributed by atoms with van der Waals surface area (Å²) in [6, 6.07) is 0. The lowest BCUT2D eigenvalue weighted by atomic mass is 9.62. The van der Waals surface area contributed by atoms with Crippen LogP contribution in [-0.2, 0) is 14.3 Å². The second kappa shape index (κ2) is 8.32. The van der Waals surface area contributed by atoms with Gasteiger partial charge in [-0.2, -0.15) is 0 Å². The summed E-state index contributed by atoms with van der Waals surface area (Å²) in [4.78, 5) is 23.9. The number of hydrogen-bond donors (Lipinski definition) is 2. The Kier molecular flexibility index (Phi) is 6.43. The number of hydrogen-bond acceptors (Lipinski definition) is 3. The molecule has 5 heteroatoms. The first-order chi connectivity index (χ1) is 10.6. The van der Waals surface area contributed by atoms with Crippen LogP contribution in [0.4, 0.5) is 0 Å². The Morgan fingerprint density at radius 3 is 2.36 bits per heavy atom. The lowest BCUT2D eigenvalue weighted by Crippen LogP contribution is -2.49. The van der Waals surface area contributed by atoms with Gasteiger partial charge in [-0.3, -0.25) is 9.59 Å². The van der Waals surface area contributed by atoms with E-state index in [1.165, 1.54) is 0 Å². The first-order valence-electron chi connectivity index (χ1n) is 8.41. The third-order valence-corrected chi connectivity index (χ3v) is 4.74. The maximum atomic E-state index is 12.4. The number of carbonyl (C=O) groups is 2. The molecule has 1 saturated carbocycles. The van der Waals surface area contributed by atoms with Crippen LogP contribution in [0.3, 0.4) is 0 Å². The lowest BCUT2D eigenvalue weighted by molar-refractivity contribution is -0.153. The summed E-state index contributed by atoms with van der Waals surface area (Å²) in [6.45, 7) is 4.08. The van der Waals surface area contributed by atoms with Crippen molar-refractivity contribution in [1.82, 2.24) is 5.32 Å². The molecule has 0 radical (unpaired) electrons. The Morgan fingerprint density at radius 1 is 1.14 bits per heavy atom. The van der Waals surface area contributed by atoms with Gasteiger partial charge in [-0.1, -0.05) is 25.5 Å². The summed E-state index contributed by atoms with van der Waals surface area (Å²) in [7, 11) is 0. The van der Waals surface area contributed by atoms with Crippen LogP contribution < -0.4 is 5.32 Å². The highest BCUT2D eigenvalue weighted by Gasteiger charge is 2.47. The minimum Gasteiger partial charge on any atom is -0.481 e. The Labute approximate surface area is 132 Å². The van der Waals surface area contributed by atoms with Gasteiger partial charge in [-0.05, 0) is 37.5 Å². The molecule has 1 fully saturated rings. The Morgan fingerprint density at radius 2 is 1.77 bits per heavy atom. The summed E-state index contributed by atoms with van der Waals surface area (Å²) in [5.74, 6) is -1.85. The van der Waals surface area contributed by atoms with Crippen molar-refractivity contribution in [3.05, 3.63) is 12.2 Å². The van der Waals surface area contributed by atoms with Crippen molar-refractivity contribution < 1.29 is 19.4 Å². The molecular weight excluding hydrogens is 282 g/mol. The van der Waals surface area contributed by atoms with Crippen molar-refractivity contribution in [3.63, 3.8) is 0 Å². The Balaban J connectivity index is 1.76. The van der Waals surface area contributed by atoms with Gasteiger partial charge in [0.15, 0.2) is 0 Å². The third kappa shape index (κ3) is 4.09. The van der Waals surface area contributed by atoms with Gasteiger partial charge in [0, 0.05) is 19.8 Å². The highest BCUT2D eigenvalue weighted by Crippen LogP contribution is 2.44. The predicted molar refractivity (Wildman–Crippen MR) is 83.3 cm³/mol. The van der Waals surface area contributed by atoms with Crippen LogP contribution in [0.1, 0.15) is 39.0 Å². The molecule has 0 heterocycles. The lowest BCUT2D eigenvalue weighted by Gasteiger charge is -2.41. The zero-order chi connectivity index (χ0) is 15.9. The molecule has 4 unspecified atom stereocenters. The predicted octanol–water partition coefficient (Wildman–Crippen LogP) is 2.22. The standard InChI is InChI=1S/C17H27NO4/c1-2-3-10-22-11-4-9-18-16(19)14-12-5-7-13(8-6-12)15(14)17(20)21/h5,7,12-15H,2-4,6,8-11H2,1H3,(H,18,19)(H,20,21). The quantitative estimate of drug-likeness (QED) is 0.506. The number of carboxylic acids is 1. The number of unbranched alkanes of at least 4 members (excludes halogenated alkanes) is 1. The van der Waals surface area contributed by atoms with E-state index < -0.39 is 17.8 Å². The minimum absolute atomic E-state index is 0.00984. The topological polar surface area (TPSA) is 75.6 Å². The maximum Gasteiger partial charge on any atom is 0.307 e. The van der Waals surface area contributed by atoms with Gasteiger partial charge in [0.1, 0.15) is 0 Å². The number of ether oxygens (including phenoxy) is 1. The van der Waals surface area contributed by atoms with Crippen molar-refractivity contribution in [3.8, 4) is 0 Å². The van der Waals surface area contributed by atoms with E-state index in [0.717, 1.165) is 38.7 Å². The van der Waals surface area contributed by atoms with Gasteiger partial charge >= 0.3 is 5.97 Å². The molecule has 2 bridgehead atoms. The van der Waals surface area contributed by atoms with Crippen LogP contribution in [0.25, 0.3) is 0 Å². The largest absolute Gasteiger partial charge is 0.481 e. The number of carbonyl (C=O) groups excluding carboxylic acids is 1. The summed E-state index contributed by atoms with van der Waals surface area (Å²) >= 11 is 0. The van der Waals surface area contributed by atoms with E-state index in [2.05, 4.69) is 12.2 Å². The molecule has 4 atom stereocenters. The molecule has 22 heavy (non-hydrogen) atoms. The van der Waals surface area contributed by atoms with Crippen molar-refractivity contribution in [1.29, 1.82) is 0 Å². The monoisotopic (exact) mass is 309 g/mol. The zero-order valence-corrected chi connectivity index (χ0v) is 13.3. The number of amides is 1. The van der Waals surface area contributed by atoms with Gasteiger partial charge in [0.25, 0.3) is 0 Å². The molecule has 0 aliphatic heterocycles. The average Bonchev–Trinajstić information content (AvgIpc) is 2.54. The first-order valence-corrected chi connectivity index (χ1v) is 8.41. The number of rotatable bonds is 9. The second-order valence-corrected chi connectivity index (χ2v) is 6.29. The molecule has 0 aromatic carbocycles. The maximum absolute atomic E-state index is 12.4. The van der Waals surface area contributed by atoms with E-state index >= 15 is 0 Å². The highest BCUT2D eigenvalue weighted by atomic mass is 16.5. The molecule has 124 valence electrons. The molecular formula is C17H27NO4. The van der Waals surface area contributed by atoms with Crippen LogP contribution >= 0.6 is 0 Å². The highest BCUT2D eigenvalue weighted by molar-refractivity contribution is 5.86. The molecule has 3 rings (SSSR count). The van der Waals surface area contributed by atoms with E-state index in [1.807, 2.05) is 12.2 Å². The second-order valence-electron chi connectivity index (χ2n) is 6.29. The fourth-order valence-corrected chi connectivity index (χ4v) is 3.54. The van der Waals surface area contributed by atoms with E-state index in [4.69, 9.17) is 4.74 Å². The molecule has 0 aromatic rings. The number of aliphatic carboxylic acids is 1. The van der Waals surface area contributed by atoms with Crippen LogP contribution in [0.15, 0.2) is 12.2 Å². The van der Waals surface area contributed by atoms with Crippen molar-refractivity contribution in [2.45, 2.75) is 39.0 Å². The van der Waals surface area contributed by atoms with Gasteiger partial charge < -0.3 is 15.2 Å². The van der Waals surface area contributed by atoms with Crippen molar-refractivity contribution in [2.75, 3.05) is 19.8 Å². The first kappa shape index (κ1) is 17.0. The fraction of sp³-hybridized carbons (Fsp3) is 0.765. The molecule has 0 aromatic heterocycles. The third-order valence-electron chi connectivity index (χ3n) is 4.74. The minimum atomic E-state index is -0.845. The number of fused-ring (bicyclic) bond motifs is 2. The number of allylic oxidation sites excluding steroid dienone is 2. The van der Waals surface area contributed by atoms with E-state index in [9.17, 15) is 14.7 Å². The Hall–Kier alpha value is -1.36. The number of carboxylic acid groups (broad SMARTS) is 1. The summed E-state index contributed by atoms with van der Waals surface area (Å²) < 4.78 is 5.45. The average molecular weight is 309 g/mol. The van der Waals surface area contributed by atoms with Crippen molar-refractivity contribution in [2.24, 2.45) is 23.7 Å². The molecule has 0 spiro atoms. The van der Waals surface area contributed by atoms with Crippen LogP contribution in [0.5, 0.6) is 0 Å². The van der Waals surface area contributed by atoms with E-state index in [0.29, 0.717) is 13.2 Å². The van der Waals surface area contributed by atoms with E-state index in [-0.39, 0.29) is 17.7 Å². The molecule has 1 amide bonds. The summed E-state index contributed by atoms with van der Waals surface area (Å²) in [6.07, 6.45) is 8.76. The molecule has 2 N–H and O–H groups in total. The van der Waals surface area contributed by atoms with Gasteiger partial charge in [0.2, 0.25) is 5.91 Å². The zero-order valence-electron chi connectivity index (χ0n) is 13.3. The SMILES string of the molecule is CCCCOCCCNC(=O)C1C2C=CC(CC2)C1C(=O)O. The summed E-state index contributed by atoms with van der Waals surface area (Å²) in [5.41, 5.74) is 0. The molecule has 0 saturated heterocycles. The van der Waals surface area contributed by atoms with E-state index in [1.54, 1.807) is 0 Å². The number of nitrogens with one attached hydrogen (secondary N) is 1.